The Labute approximate surface area is 101 Å². The molecule has 92 valence electrons. The molecule has 16 heavy (non-hydrogen) atoms. The highest BCUT2D eigenvalue weighted by atomic mass is 28.4. The van der Waals surface area contributed by atoms with Crippen LogP contribution in [-0.2, 0) is 0 Å². The summed E-state index contributed by atoms with van der Waals surface area (Å²) in [6, 6.07) is 3.18. The largest absolute Gasteiger partial charge is 0.312 e. The zero-order chi connectivity index (χ0) is 10.8. The summed E-state index contributed by atoms with van der Waals surface area (Å²) in [6.07, 6.45) is 10.4. The van der Waals surface area contributed by atoms with E-state index in [1.807, 2.05) is 0 Å². The van der Waals surface area contributed by atoms with E-state index in [1.54, 1.807) is 12.1 Å². The molecule has 0 unspecified atom stereocenters. The third-order valence-electron chi connectivity index (χ3n) is 5.04. The SMILES string of the molecule is C1CCN([Si]2(N3CCCCC3)CCC2)CC1. The molecule has 3 fully saturated rings. The third-order valence-corrected chi connectivity index (χ3v) is 10.6. The van der Waals surface area contributed by atoms with Crippen LogP contribution in [-0.4, -0.2) is 43.7 Å². The van der Waals surface area contributed by atoms with Crippen LogP contribution in [0.4, 0.5) is 0 Å². The van der Waals surface area contributed by atoms with Gasteiger partial charge in [-0.1, -0.05) is 19.3 Å². The maximum absolute atomic E-state index is 2.98. The fourth-order valence-electron chi connectivity index (χ4n) is 3.95. The van der Waals surface area contributed by atoms with E-state index in [0.717, 1.165) is 0 Å². The second-order valence-corrected chi connectivity index (χ2v) is 10.2. The van der Waals surface area contributed by atoms with Crippen LogP contribution in [0.3, 0.4) is 0 Å². The van der Waals surface area contributed by atoms with E-state index in [4.69, 9.17) is 0 Å². The highest BCUT2D eigenvalue weighted by Crippen LogP contribution is 2.40. The van der Waals surface area contributed by atoms with Crippen molar-refractivity contribution in [3.8, 4) is 0 Å². The number of hydrogen-bond acceptors (Lipinski definition) is 2. The first-order valence-electron chi connectivity index (χ1n) is 7.42. The van der Waals surface area contributed by atoms with Crippen LogP contribution in [0.15, 0.2) is 0 Å². The summed E-state index contributed by atoms with van der Waals surface area (Å²) in [7, 11) is -1.07. The van der Waals surface area contributed by atoms with Crippen LogP contribution in [0.2, 0.25) is 12.1 Å². The Morgan fingerprint density at radius 1 is 0.500 bits per heavy atom. The molecule has 0 aromatic rings. The van der Waals surface area contributed by atoms with Crippen molar-refractivity contribution < 1.29 is 0 Å². The van der Waals surface area contributed by atoms with E-state index < -0.39 is 8.40 Å². The predicted octanol–water partition coefficient (Wildman–Crippen LogP) is 2.80. The molecule has 3 aliphatic heterocycles. The van der Waals surface area contributed by atoms with Crippen molar-refractivity contribution in [1.82, 2.24) is 9.13 Å². The summed E-state index contributed by atoms with van der Waals surface area (Å²) in [5.74, 6) is 0. The van der Waals surface area contributed by atoms with Crippen LogP contribution in [0.25, 0.3) is 0 Å². The van der Waals surface area contributed by atoms with Gasteiger partial charge < -0.3 is 9.13 Å². The maximum Gasteiger partial charge on any atom is 0.206 e. The van der Waals surface area contributed by atoms with Crippen molar-refractivity contribution in [3.63, 3.8) is 0 Å². The van der Waals surface area contributed by atoms with Crippen LogP contribution in [0.1, 0.15) is 44.9 Å². The van der Waals surface area contributed by atoms with Crippen LogP contribution in [0, 0.1) is 0 Å². The van der Waals surface area contributed by atoms with Gasteiger partial charge in [0.05, 0.1) is 0 Å². The normalized spacial score (nSPS) is 32.2. The summed E-state index contributed by atoms with van der Waals surface area (Å²) >= 11 is 0. The molecule has 0 amide bonds. The lowest BCUT2D eigenvalue weighted by molar-refractivity contribution is 0.245. The van der Waals surface area contributed by atoms with Gasteiger partial charge in [-0.05, 0) is 64.0 Å². The molecule has 3 heterocycles. The third kappa shape index (κ3) is 1.87. The smallest absolute Gasteiger partial charge is 0.206 e. The van der Waals surface area contributed by atoms with Gasteiger partial charge >= 0.3 is 0 Å². The summed E-state index contributed by atoms with van der Waals surface area (Å²) in [4.78, 5) is 0. The molecular formula is C13H26N2Si. The average Bonchev–Trinajstić information content (AvgIpc) is 2.31. The Hall–Kier alpha value is 0.137. The molecule has 2 nitrogen and oxygen atoms in total. The molecule has 3 rings (SSSR count). The maximum atomic E-state index is 2.98. The van der Waals surface area contributed by atoms with E-state index in [9.17, 15) is 0 Å². The van der Waals surface area contributed by atoms with Gasteiger partial charge in [-0.15, -0.1) is 0 Å². The first-order chi connectivity index (χ1) is 7.92. The highest BCUT2D eigenvalue weighted by Gasteiger charge is 2.50. The second-order valence-electron chi connectivity index (χ2n) is 5.93. The molecule has 0 N–H and O–H groups in total. The zero-order valence-corrected chi connectivity index (χ0v) is 11.6. The minimum Gasteiger partial charge on any atom is -0.312 e. The standard InChI is InChI=1S/C13H26N2Si/c1-3-8-14(9-4-1)16(12-7-13-16)15-10-5-2-6-11-15/h1-13H2. The molecule has 0 radical (unpaired) electrons. The lowest BCUT2D eigenvalue weighted by Crippen LogP contribution is -2.70. The van der Waals surface area contributed by atoms with Gasteiger partial charge in [0, 0.05) is 0 Å². The van der Waals surface area contributed by atoms with Crippen LogP contribution >= 0.6 is 0 Å². The minimum absolute atomic E-state index is 1.07. The van der Waals surface area contributed by atoms with Gasteiger partial charge in [0.2, 0.25) is 8.40 Å². The predicted molar refractivity (Wildman–Crippen MR) is 70.8 cm³/mol. The number of hydrogen-bond donors (Lipinski definition) is 0. The fourth-order valence-corrected chi connectivity index (χ4v) is 8.89. The second kappa shape index (κ2) is 4.79. The first kappa shape index (κ1) is 11.2. The van der Waals surface area contributed by atoms with E-state index in [0.29, 0.717) is 0 Å². The van der Waals surface area contributed by atoms with Crippen molar-refractivity contribution >= 4 is 8.40 Å². The fraction of sp³-hybridized carbons (Fsp3) is 1.00. The monoisotopic (exact) mass is 238 g/mol. The Bertz CT molecular complexity index is 208. The van der Waals surface area contributed by atoms with Crippen molar-refractivity contribution in [1.29, 1.82) is 0 Å². The number of rotatable bonds is 2. The van der Waals surface area contributed by atoms with Gasteiger partial charge in [0.1, 0.15) is 0 Å². The molecule has 3 saturated heterocycles. The molecule has 0 bridgehead atoms. The van der Waals surface area contributed by atoms with Gasteiger partial charge in [-0.3, -0.25) is 0 Å². The van der Waals surface area contributed by atoms with E-state index in [2.05, 4.69) is 9.13 Å². The highest BCUT2D eigenvalue weighted by molar-refractivity contribution is 6.77. The lowest BCUT2D eigenvalue weighted by Gasteiger charge is -2.56. The topological polar surface area (TPSA) is 6.48 Å². The molecule has 0 aromatic heterocycles. The molecule has 0 aliphatic carbocycles. The van der Waals surface area contributed by atoms with Crippen LogP contribution in [0.5, 0.6) is 0 Å². The quantitative estimate of drug-likeness (QED) is 0.683. The molecule has 3 aliphatic rings. The van der Waals surface area contributed by atoms with E-state index in [1.165, 1.54) is 71.1 Å². The average molecular weight is 238 g/mol. The van der Waals surface area contributed by atoms with Crippen LogP contribution < -0.4 is 0 Å². The van der Waals surface area contributed by atoms with Gasteiger partial charge in [0.25, 0.3) is 0 Å². The minimum atomic E-state index is -1.07. The van der Waals surface area contributed by atoms with Gasteiger partial charge in [-0.25, -0.2) is 0 Å². The summed E-state index contributed by atoms with van der Waals surface area (Å²) < 4.78 is 5.96. The van der Waals surface area contributed by atoms with E-state index >= 15 is 0 Å². The van der Waals surface area contributed by atoms with Gasteiger partial charge in [-0.2, -0.15) is 0 Å². The Morgan fingerprint density at radius 2 is 0.938 bits per heavy atom. The number of piperidine rings is 2. The molecule has 0 spiro atoms. The molecular weight excluding hydrogens is 212 g/mol. The Balaban J connectivity index is 1.70. The van der Waals surface area contributed by atoms with Gasteiger partial charge in [0.15, 0.2) is 0 Å². The molecule has 3 heteroatoms. The summed E-state index contributed by atoms with van der Waals surface area (Å²) in [6.45, 7) is 5.73. The van der Waals surface area contributed by atoms with Crippen molar-refractivity contribution in [2.75, 3.05) is 26.2 Å². The summed E-state index contributed by atoms with van der Waals surface area (Å²) in [5.41, 5.74) is 0. The lowest BCUT2D eigenvalue weighted by atomic mass is 10.2. The van der Waals surface area contributed by atoms with Crippen molar-refractivity contribution in [2.24, 2.45) is 0 Å². The zero-order valence-electron chi connectivity index (χ0n) is 10.6. The van der Waals surface area contributed by atoms with E-state index in [-0.39, 0.29) is 0 Å². The molecule has 0 saturated carbocycles. The summed E-state index contributed by atoms with van der Waals surface area (Å²) in [5, 5.41) is 0. The molecule has 0 atom stereocenters. The van der Waals surface area contributed by atoms with Crippen molar-refractivity contribution in [2.45, 2.75) is 57.0 Å². The Kier molecular flexibility index (Phi) is 3.36. The number of nitrogens with zero attached hydrogens (tertiary/aromatic N) is 2. The first-order valence-corrected chi connectivity index (χ1v) is 9.73. The molecule has 0 aromatic carbocycles. The Morgan fingerprint density at radius 3 is 1.25 bits per heavy atom. The van der Waals surface area contributed by atoms with Crippen molar-refractivity contribution in [3.05, 3.63) is 0 Å².